The van der Waals surface area contributed by atoms with Crippen molar-refractivity contribution < 1.29 is 4.79 Å². The van der Waals surface area contributed by atoms with Gasteiger partial charge in [0.05, 0.1) is 10.3 Å². The van der Waals surface area contributed by atoms with Crippen LogP contribution in [0.3, 0.4) is 0 Å². The van der Waals surface area contributed by atoms with Crippen molar-refractivity contribution in [2.75, 3.05) is 10.6 Å². The second kappa shape index (κ2) is 6.80. The number of nitrogens with zero attached hydrogens (tertiary/aromatic N) is 3. The minimum Gasteiger partial charge on any atom is -0.357 e. The maximum atomic E-state index is 12.1. The zero-order valence-electron chi connectivity index (χ0n) is 11.7. The van der Waals surface area contributed by atoms with Gasteiger partial charge < -0.3 is 10.6 Å². The molecule has 0 aromatic carbocycles. The lowest BCUT2D eigenvalue weighted by molar-refractivity contribution is -0.115. The summed E-state index contributed by atoms with van der Waals surface area (Å²) in [6.07, 6.45) is 3.87. The highest BCUT2D eigenvalue weighted by Gasteiger charge is 2.23. The van der Waals surface area contributed by atoms with Crippen LogP contribution in [0.25, 0.3) is 0 Å². The number of hydrogen-bond donors (Lipinski definition) is 2. The molecule has 2 aromatic rings. The summed E-state index contributed by atoms with van der Waals surface area (Å²) in [6, 6.07) is 3.89. The van der Waals surface area contributed by atoms with Gasteiger partial charge in [0.2, 0.25) is 11.0 Å². The van der Waals surface area contributed by atoms with Gasteiger partial charge in [0.25, 0.3) is 0 Å². The van der Waals surface area contributed by atoms with Gasteiger partial charge in [-0.2, -0.15) is 0 Å². The molecule has 0 saturated heterocycles. The minimum absolute atomic E-state index is 0.133. The Morgan fingerprint density at radius 1 is 1.45 bits per heavy atom. The van der Waals surface area contributed by atoms with Gasteiger partial charge in [0.15, 0.2) is 4.34 Å². The van der Waals surface area contributed by atoms with E-state index in [1.807, 2.05) is 6.92 Å². The number of carbonyl (C=O) groups is 1. The predicted molar refractivity (Wildman–Crippen MR) is 89.7 cm³/mol. The number of thioether (sulfide) groups is 1. The lowest BCUT2D eigenvalue weighted by Crippen LogP contribution is -2.22. The molecule has 0 aliphatic heterocycles. The number of pyridine rings is 1. The Morgan fingerprint density at radius 2 is 2.27 bits per heavy atom. The van der Waals surface area contributed by atoms with Crippen LogP contribution < -0.4 is 10.6 Å². The summed E-state index contributed by atoms with van der Waals surface area (Å²) in [5.74, 6) is 0.349. The van der Waals surface area contributed by atoms with E-state index in [1.54, 1.807) is 12.1 Å². The molecule has 22 heavy (non-hydrogen) atoms. The summed E-state index contributed by atoms with van der Waals surface area (Å²) >= 11 is 8.61. The standard InChI is InChI=1S/C13H14ClN5OS2/c1-7(11(20)17-10-5-2-8(14)6-15-10)21-13-19-18-12(22-13)16-9-3-4-9/h2,5-7,9H,3-4H2,1H3,(H,16,18)(H,15,17,20)/t7-/m0/s1. The topological polar surface area (TPSA) is 79.8 Å². The van der Waals surface area contributed by atoms with Crippen molar-refractivity contribution >= 4 is 51.6 Å². The molecule has 0 bridgehead atoms. The van der Waals surface area contributed by atoms with Crippen LogP contribution in [0.15, 0.2) is 22.7 Å². The van der Waals surface area contributed by atoms with E-state index in [-0.39, 0.29) is 11.2 Å². The van der Waals surface area contributed by atoms with E-state index in [4.69, 9.17) is 11.6 Å². The Bertz CT molecular complexity index is 659. The molecule has 1 atom stereocenters. The number of anilines is 2. The van der Waals surface area contributed by atoms with Crippen LogP contribution in [-0.2, 0) is 4.79 Å². The van der Waals surface area contributed by atoms with Gasteiger partial charge in [-0.15, -0.1) is 10.2 Å². The highest BCUT2D eigenvalue weighted by molar-refractivity contribution is 8.02. The number of hydrogen-bond acceptors (Lipinski definition) is 7. The normalized spacial score (nSPS) is 15.4. The summed E-state index contributed by atoms with van der Waals surface area (Å²) in [4.78, 5) is 16.2. The van der Waals surface area contributed by atoms with Gasteiger partial charge in [-0.1, -0.05) is 34.7 Å². The minimum atomic E-state index is -0.292. The quantitative estimate of drug-likeness (QED) is 0.774. The van der Waals surface area contributed by atoms with E-state index in [2.05, 4.69) is 25.8 Å². The summed E-state index contributed by atoms with van der Waals surface area (Å²) in [7, 11) is 0. The third-order valence-corrected chi connectivity index (χ3v) is 5.20. The van der Waals surface area contributed by atoms with Gasteiger partial charge in [-0.05, 0) is 31.9 Å². The number of rotatable bonds is 6. The first-order chi connectivity index (χ1) is 10.6. The number of halogens is 1. The molecule has 1 aliphatic carbocycles. The van der Waals surface area contributed by atoms with E-state index in [0.29, 0.717) is 16.9 Å². The second-order valence-electron chi connectivity index (χ2n) is 4.90. The molecule has 1 saturated carbocycles. The predicted octanol–water partition coefficient (Wildman–Crippen LogP) is 3.28. The van der Waals surface area contributed by atoms with Crippen LogP contribution in [0.2, 0.25) is 5.02 Å². The molecule has 0 unspecified atom stereocenters. The lowest BCUT2D eigenvalue weighted by Gasteiger charge is -2.09. The maximum Gasteiger partial charge on any atom is 0.238 e. The SMILES string of the molecule is C[C@H](Sc1nnc(NC2CC2)s1)C(=O)Nc1ccc(Cl)cn1. The van der Waals surface area contributed by atoms with Gasteiger partial charge in [0.1, 0.15) is 5.82 Å². The summed E-state index contributed by atoms with van der Waals surface area (Å²) in [5.41, 5.74) is 0. The molecule has 9 heteroatoms. The fraction of sp³-hybridized carbons (Fsp3) is 0.385. The van der Waals surface area contributed by atoms with Crippen molar-refractivity contribution in [3.63, 3.8) is 0 Å². The number of aromatic nitrogens is 3. The third-order valence-electron chi connectivity index (χ3n) is 2.94. The average molecular weight is 356 g/mol. The Morgan fingerprint density at radius 3 is 2.95 bits per heavy atom. The van der Waals surface area contributed by atoms with Crippen LogP contribution >= 0.6 is 34.7 Å². The molecule has 1 fully saturated rings. The molecule has 2 heterocycles. The first-order valence-electron chi connectivity index (χ1n) is 6.79. The third kappa shape index (κ3) is 4.31. The average Bonchev–Trinajstić information content (AvgIpc) is 3.20. The summed E-state index contributed by atoms with van der Waals surface area (Å²) in [5, 5.41) is 15.3. The van der Waals surface area contributed by atoms with Crippen LogP contribution in [0.5, 0.6) is 0 Å². The Hall–Kier alpha value is -1.38. The fourth-order valence-electron chi connectivity index (χ4n) is 1.60. The van der Waals surface area contributed by atoms with Crippen molar-refractivity contribution in [1.82, 2.24) is 15.2 Å². The monoisotopic (exact) mass is 355 g/mol. The molecular weight excluding hydrogens is 342 g/mol. The number of amides is 1. The van der Waals surface area contributed by atoms with Gasteiger partial charge >= 0.3 is 0 Å². The maximum absolute atomic E-state index is 12.1. The molecule has 6 nitrogen and oxygen atoms in total. The van der Waals surface area contributed by atoms with Crippen LogP contribution in [0.1, 0.15) is 19.8 Å². The van der Waals surface area contributed by atoms with Crippen LogP contribution in [0, 0.1) is 0 Å². The highest BCUT2D eigenvalue weighted by atomic mass is 35.5. The van der Waals surface area contributed by atoms with Crippen molar-refractivity contribution in [3.05, 3.63) is 23.4 Å². The Labute approximate surface area is 141 Å². The van der Waals surface area contributed by atoms with Crippen molar-refractivity contribution in [2.45, 2.75) is 35.4 Å². The summed E-state index contributed by atoms with van der Waals surface area (Å²) in [6.45, 7) is 1.82. The molecule has 0 spiro atoms. The van der Waals surface area contributed by atoms with Crippen molar-refractivity contribution in [2.24, 2.45) is 0 Å². The van der Waals surface area contributed by atoms with Gasteiger partial charge in [-0.3, -0.25) is 4.79 Å². The van der Waals surface area contributed by atoms with Gasteiger partial charge in [-0.25, -0.2) is 4.98 Å². The van der Waals surface area contributed by atoms with Crippen LogP contribution in [0.4, 0.5) is 10.9 Å². The van der Waals surface area contributed by atoms with E-state index in [0.717, 1.165) is 9.47 Å². The molecule has 0 radical (unpaired) electrons. The van der Waals surface area contributed by atoms with Crippen molar-refractivity contribution in [3.8, 4) is 0 Å². The molecular formula is C13H14ClN5OS2. The first-order valence-corrected chi connectivity index (χ1v) is 8.86. The molecule has 1 amide bonds. The number of nitrogens with one attached hydrogen (secondary N) is 2. The largest absolute Gasteiger partial charge is 0.357 e. The zero-order valence-corrected chi connectivity index (χ0v) is 14.1. The van der Waals surface area contributed by atoms with E-state index in [1.165, 1.54) is 42.1 Å². The molecule has 116 valence electrons. The number of carbonyl (C=O) groups excluding carboxylic acids is 1. The first kappa shape index (κ1) is 15.5. The van der Waals surface area contributed by atoms with E-state index in [9.17, 15) is 4.79 Å². The smallest absolute Gasteiger partial charge is 0.238 e. The molecule has 3 rings (SSSR count). The Kier molecular flexibility index (Phi) is 4.80. The Balaban J connectivity index is 1.53. The fourth-order valence-corrected chi connectivity index (χ4v) is 3.69. The van der Waals surface area contributed by atoms with Crippen LogP contribution in [-0.4, -0.2) is 32.4 Å². The molecule has 2 N–H and O–H groups in total. The zero-order chi connectivity index (χ0) is 15.5. The highest BCUT2D eigenvalue weighted by Crippen LogP contribution is 2.32. The molecule has 2 aromatic heterocycles. The van der Waals surface area contributed by atoms with E-state index >= 15 is 0 Å². The van der Waals surface area contributed by atoms with Crippen molar-refractivity contribution in [1.29, 1.82) is 0 Å². The lowest BCUT2D eigenvalue weighted by atomic mass is 10.4. The summed E-state index contributed by atoms with van der Waals surface area (Å²) < 4.78 is 0.773. The molecule has 1 aliphatic rings. The van der Waals surface area contributed by atoms with E-state index < -0.39 is 0 Å². The second-order valence-corrected chi connectivity index (χ2v) is 7.90. The van der Waals surface area contributed by atoms with Gasteiger partial charge in [0, 0.05) is 12.2 Å².